The summed E-state index contributed by atoms with van der Waals surface area (Å²) >= 11 is 1.24. The van der Waals surface area contributed by atoms with Crippen LogP contribution in [0.15, 0.2) is 18.2 Å². The van der Waals surface area contributed by atoms with E-state index >= 15 is 0 Å². The molecule has 5 heteroatoms. The molecule has 2 aromatic rings. The number of para-hydroxylation sites is 1. The van der Waals surface area contributed by atoms with Gasteiger partial charge in [0.15, 0.2) is 5.82 Å². The number of fused-ring (bicyclic) bond motifs is 1. The molecule has 18 heavy (non-hydrogen) atoms. The fraction of sp³-hybridized carbons (Fsp3) is 0.385. The molecule has 0 fully saturated rings. The van der Waals surface area contributed by atoms with Crippen molar-refractivity contribution < 1.29 is 4.74 Å². The molecule has 0 aliphatic carbocycles. The van der Waals surface area contributed by atoms with Crippen LogP contribution in [-0.2, 0) is 6.42 Å². The zero-order chi connectivity index (χ0) is 12.4. The largest absolute Gasteiger partial charge is 0.492 e. The van der Waals surface area contributed by atoms with Crippen molar-refractivity contribution in [2.75, 3.05) is 18.5 Å². The predicted molar refractivity (Wildman–Crippen MR) is 73.3 cm³/mol. The number of anilines is 1. The molecule has 1 aromatic carbocycles. The first-order valence-corrected chi connectivity index (χ1v) is 6.94. The van der Waals surface area contributed by atoms with Gasteiger partial charge in [0.05, 0.1) is 18.3 Å². The molecule has 1 aliphatic rings. The first-order valence-electron chi connectivity index (χ1n) is 6.21. The van der Waals surface area contributed by atoms with Gasteiger partial charge in [0.1, 0.15) is 11.4 Å². The van der Waals surface area contributed by atoms with Gasteiger partial charge in [0.25, 0.3) is 0 Å². The van der Waals surface area contributed by atoms with Gasteiger partial charge in [-0.3, -0.25) is 0 Å². The van der Waals surface area contributed by atoms with Crippen LogP contribution in [0.25, 0.3) is 11.3 Å². The van der Waals surface area contributed by atoms with Gasteiger partial charge >= 0.3 is 0 Å². The van der Waals surface area contributed by atoms with E-state index in [1.165, 1.54) is 17.3 Å². The normalized spacial score (nSPS) is 13.2. The Morgan fingerprint density at radius 1 is 1.39 bits per heavy atom. The Labute approximate surface area is 110 Å². The van der Waals surface area contributed by atoms with Crippen LogP contribution in [0, 0.1) is 0 Å². The summed E-state index contributed by atoms with van der Waals surface area (Å²) in [7, 11) is 0. The van der Waals surface area contributed by atoms with Crippen molar-refractivity contribution in [2.24, 2.45) is 0 Å². The van der Waals surface area contributed by atoms with E-state index < -0.39 is 0 Å². The Morgan fingerprint density at radius 3 is 3.22 bits per heavy atom. The summed E-state index contributed by atoms with van der Waals surface area (Å²) in [6, 6.07) is 6.23. The standard InChI is InChI=1S/C13H15N3OS/c1-2-7-14-13-11(15-18-16-13)10-5-3-4-9-6-8-17-12(9)10/h3-5H,2,6-8H2,1H3,(H,14,16). The van der Waals surface area contributed by atoms with Crippen LogP contribution in [0.1, 0.15) is 18.9 Å². The summed E-state index contributed by atoms with van der Waals surface area (Å²) in [6.45, 7) is 3.81. The molecule has 0 bridgehead atoms. The molecule has 0 spiro atoms. The molecule has 4 nitrogen and oxygen atoms in total. The van der Waals surface area contributed by atoms with Crippen LogP contribution in [0.4, 0.5) is 5.82 Å². The fourth-order valence-corrected chi connectivity index (χ4v) is 2.67. The molecule has 0 amide bonds. The number of hydrogen-bond donors (Lipinski definition) is 1. The average Bonchev–Trinajstić information content (AvgIpc) is 3.04. The van der Waals surface area contributed by atoms with Crippen molar-refractivity contribution in [1.82, 2.24) is 8.75 Å². The summed E-state index contributed by atoms with van der Waals surface area (Å²) in [5.41, 5.74) is 3.23. The zero-order valence-corrected chi connectivity index (χ0v) is 11.1. The monoisotopic (exact) mass is 261 g/mol. The van der Waals surface area contributed by atoms with E-state index in [1.807, 2.05) is 0 Å². The third kappa shape index (κ3) is 1.95. The highest BCUT2D eigenvalue weighted by atomic mass is 32.1. The quantitative estimate of drug-likeness (QED) is 0.919. The van der Waals surface area contributed by atoms with Crippen molar-refractivity contribution in [1.29, 1.82) is 0 Å². The second-order valence-electron chi connectivity index (χ2n) is 4.28. The molecule has 0 saturated carbocycles. The Morgan fingerprint density at radius 2 is 2.33 bits per heavy atom. The highest BCUT2D eigenvalue weighted by molar-refractivity contribution is 6.99. The molecule has 3 rings (SSSR count). The number of nitrogens with zero attached hydrogens (tertiary/aromatic N) is 2. The number of aromatic nitrogens is 2. The van der Waals surface area contributed by atoms with Gasteiger partial charge in [-0.2, -0.15) is 8.75 Å². The van der Waals surface area contributed by atoms with Gasteiger partial charge in [0.2, 0.25) is 0 Å². The van der Waals surface area contributed by atoms with Crippen molar-refractivity contribution in [3.8, 4) is 17.0 Å². The number of benzene rings is 1. The Hall–Kier alpha value is -1.62. The minimum absolute atomic E-state index is 0.766. The van der Waals surface area contributed by atoms with Crippen LogP contribution in [0.3, 0.4) is 0 Å². The number of rotatable bonds is 4. The molecule has 1 aromatic heterocycles. The maximum Gasteiger partial charge on any atom is 0.168 e. The van der Waals surface area contributed by atoms with Crippen LogP contribution < -0.4 is 10.1 Å². The summed E-state index contributed by atoms with van der Waals surface area (Å²) in [6.07, 6.45) is 2.05. The molecule has 94 valence electrons. The zero-order valence-electron chi connectivity index (χ0n) is 10.3. The highest BCUT2D eigenvalue weighted by Crippen LogP contribution is 2.38. The van der Waals surface area contributed by atoms with Crippen molar-refractivity contribution in [3.63, 3.8) is 0 Å². The Balaban J connectivity index is 2.00. The van der Waals surface area contributed by atoms with Crippen LogP contribution >= 0.6 is 11.7 Å². The third-order valence-electron chi connectivity index (χ3n) is 3.00. The van der Waals surface area contributed by atoms with Gasteiger partial charge in [-0.15, -0.1) is 0 Å². The van der Waals surface area contributed by atoms with Gasteiger partial charge in [-0.1, -0.05) is 19.1 Å². The second-order valence-corrected chi connectivity index (χ2v) is 4.81. The summed E-state index contributed by atoms with van der Waals surface area (Å²) in [5, 5.41) is 3.31. The van der Waals surface area contributed by atoms with Crippen molar-refractivity contribution >= 4 is 17.5 Å². The lowest BCUT2D eigenvalue weighted by Gasteiger charge is -2.07. The maximum absolute atomic E-state index is 5.72. The van der Waals surface area contributed by atoms with Gasteiger partial charge < -0.3 is 10.1 Å². The van der Waals surface area contributed by atoms with Crippen molar-refractivity contribution in [2.45, 2.75) is 19.8 Å². The number of nitrogens with one attached hydrogen (secondary N) is 1. The average molecular weight is 261 g/mol. The molecular weight excluding hydrogens is 246 g/mol. The minimum Gasteiger partial charge on any atom is -0.492 e. The smallest absolute Gasteiger partial charge is 0.168 e. The number of ether oxygens (including phenoxy) is 1. The lowest BCUT2D eigenvalue weighted by atomic mass is 10.1. The maximum atomic E-state index is 5.72. The highest BCUT2D eigenvalue weighted by Gasteiger charge is 2.20. The molecular formula is C13H15N3OS. The molecule has 1 aliphatic heterocycles. The first-order chi connectivity index (χ1) is 8.90. The lowest BCUT2D eigenvalue weighted by Crippen LogP contribution is -2.01. The third-order valence-corrected chi connectivity index (χ3v) is 3.53. The molecule has 2 heterocycles. The SMILES string of the molecule is CCCNc1nsnc1-c1cccc2c1OCC2. The molecule has 0 radical (unpaired) electrons. The van der Waals surface area contributed by atoms with Crippen LogP contribution in [-0.4, -0.2) is 21.9 Å². The first kappa shape index (κ1) is 11.5. The van der Waals surface area contributed by atoms with E-state index in [0.29, 0.717) is 0 Å². The van der Waals surface area contributed by atoms with Gasteiger partial charge in [0, 0.05) is 18.5 Å². The fourth-order valence-electron chi connectivity index (χ4n) is 2.13. The summed E-state index contributed by atoms with van der Waals surface area (Å²) < 4.78 is 14.4. The van der Waals surface area contributed by atoms with Gasteiger partial charge in [-0.25, -0.2) is 0 Å². The molecule has 0 atom stereocenters. The van der Waals surface area contributed by atoms with Crippen molar-refractivity contribution in [3.05, 3.63) is 23.8 Å². The topological polar surface area (TPSA) is 47.0 Å². The van der Waals surface area contributed by atoms with E-state index in [4.69, 9.17) is 4.74 Å². The van der Waals surface area contributed by atoms with E-state index in [9.17, 15) is 0 Å². The summed E-state index contributed by atoms with van der Waals surface area (Å²) in [4.78, 5) is 0. The van der Waals surface area contributed by atoms with Gasteiger partial charge in [-0.05, 0) is 18.1 Å². The van der Waals surface area contributed by atoms with E-state index in [-0.39, 0.29) is 0 Å². The summed E-state index contributed by atoms with van der Waals surface area (Å²) in [5.74, 6) is 1.84. The Kier molecular flexibility index (Phi) is 3.15. The van der Waals surface area contributed by atoms with E-state index in [1.54, 1.807) is 0 Å². The molecule has 1 N–H and O–H groups in total. The van der Waals surface area contributed by atoms with E-state index in [2.05, 4.69) is 39.2 Å². The number of hydrogen-bond acceptors (Lipinski definition) is 5. The molecule has 0 saturated heterocycles. The van der Waals surface area contributed by atoms with Crippen LogP contribution in [0.2, 0.25) is 0 Å². The second kappa shape index (κ2) is 4.94. The molecule has 0 unspecified atom stereocenters. The van der Waals surface area contributed by atoms with E-state index in [0.717, 1.165) is 48.8 Å². The minimum atomic E-state index is 0.766. The Bertz CT molecular complexity index is 553. The predicted octanol–water partition coefficient (Wildman–Crippen LogP) is 2.96. The van der Waals surface area contributed by atoms with Crippen LogP contribution in [0.5, 0.6) is 5.75 Å². The lowest BCUT2D eigenvalue weighted by molar-refractivity contribution is 0.358.